The molecule has 1 aliphatic rings. The summed E-state index contributed by atoms with van der Waals surface area (Å²) in [7, 11) is 1.62. The molecule has 29 heavy (non-hydrogen) atoms. The van der Waals surface area contributed by atoms with Crippen molar-refractivity contribution in [3.05, 3.63) is 54.1 Å². The van der Waals surface area contributed by atoms with Gasteiger partial charge in [0.25, 0.3) is 5.91 Å². The summed E-state index contributed by atoms with van der Waals surface area (Å²) in [5.41, 5.74) is 2.17. The average Bonchev–Trinajstić information content (AvgIpc) is 3.29. The van der Waals surface area contributed by atoms with E-state index >= 15 is 0 Å². The lowest BCUT2D eigenvalue weighted by Crippen LogP contribution is -2.40. The average molecular weight is 393 g/mol. The second-order valence-electron chi connectivity index (χ2n) is 7.16. The van der Waals surface area contributed by atoms with Crippen molar-refractivity contribution in [2.24, 2.45) is 5.92 Å². The van der Waals surface area contributed by atoms with Crippen LogP contribution in [0.25, 0.3) is 22.9 Å². The van der Waals surface area contributed by atoms with Crippen molar-refractivity contribution >= 4 is 5.91 Å². The first-order valence-electron chi connectivity index (χ1n) is 9.66. The zero-order valence-corrected chi connectivity index (χ0v) is 16.2. The van der Waals surface area contributed by atoms with Gasteiger partial charge in [-0.15, -0.1) is 10.2 Å². The third-order valence-electron chi connectivity index (χ3n) is 5.21. The largest absolute Gasteiger partial charge is 0.497 e. The Kier molecular flexibility index (Phi) is 5.57. The molecule has 0 saturated carbocycles. The van der Waals surface area contributed by atoms with Gasteiger partial charge >= 0.3 is 0 Å². The van der Waals surface area contributed by atoms with Gasteiger partial charge in [0.1, 0.15) is 5.75 Å². The van der Waals surface area contributed by atoms with Gasteiger partial charge in [-0.25, -0.2) is 0 Å². The molecule has 0 spiro atoms. The summed E-state index contributed by atoms with van der Waals surface area (Å²) in [5.74, 6) is 1.73. The van der Waals surface area contributed by atoms with Crippen molar-refractivity contribution in [1.82, 2.24) is 15.1 Å². The molecule has 7 heteroatoms. The Morgan fingerprint density at radius 3 is 2.31 bits per heavy atom. The number of likely N-dealkylation sites (tertiary alicyclic amines) is 1. The highest BCUT2D eigenvalue weighted by Gasteiger charge is 2.24. The van der Waals surface area contributed by atoms with Crippen molar-refractivity contribution in [3.8, 4) is 28.7 Å². The standard InChI is InChI=1S/C22H23N3O4/c1-28-19-10-8-17(9-11-19)21-24-23-20(29-21)16-4-6-18(7-5-16)22(27)25-12-2-3-15(13-25)14-26/h4-11,15,26H,2-3,12-14H2,1H3/t15-/m1/s1. The van der Waals surface area contributed by atoms with Crippen LogP contribution in [-0.4, -0.2) is 52.9 Å². The summed E-state index contributed by atoms with van der Waals surface area (Å²) < 4.78 is 10.9. The van der Waals surface area contributed by atoms with Crippen LogP contribution in [0.3, 0.4) is 0 Å². The second-order valence-corrected chi connectivity index (χ2v) is 7.16. The Balaban J connectivity index is 1.48. The molecule has 1 amide bonds. The number of benzene rings is 2. The molecule has 1 aromatic heterocycles. The first-order chi connectivity index (χ1) is 14.2. The predicted molar refractivity (Wildman–Crippen MR) is 107 cm³/mol. The highest BCUT2D eigenvalue weighted by molar-refractivity contribution is 5.94. The molecule has 1 atom stereocenters. The molecule has 3 aromatic rings. The Morgan fingerprint density at radius 1 is 1.10 bits per heavy atom. The number of rotatable bonds is 5. The number of carbonyl (C=O) groups excluding carboxylic acids is 1. The molecule has 150 valence electrons. The number of aliphatic hydroxyl groups is 1. The monoisotopic (exact) mass is 393 g/mol. The van der Waals surface area contributed by atoms with E-state index in [4.69, 9.17) is 9.15 Å². The van der Waals surface area contributed by atoms with E-state index < -0.39 is 0 Å². The quantitative estimate of drug-likeness (QED) is 0.716. The van der Waals surface area contributed by atoms with Crippen molar-refractivity contribution in [3.63, 3.8) is 0 Å². The summed E-state index contributed by atoms with van der Waals surface area (Å²) in [4.78, 5) is 14.5. The number of nitrogens with zero attached hydrogens (tertiary/aromatic N) is 3. The lowest BCUT2D eigenvalue weighted by molar-refractivity contribution is 0.0620. The van der Waals surface area contributed by atoms with Crippen LogP contribution in [0.5, 0.6) is 5.75 Å². The molecule has 1 aliphatic heterocycles. The van der Waals surface area contributed by atoms with Crippen LogP contribution in [0, 0.1) is 5.92 Å². The Hall–Kier alpha value is -3.19. The molecule has 0 bridgehead atoms. The summed E-state index contributed by atoms with van der Waals surface area (Å²) >= 11 is 0. The van der Waals surface area contributed by atoms with Crippen molar-refractivity contribution in [1.29, 1.82) is 0 Å². The minimum absolute atomic E-state index is 0.0147. The number of amides is 1. The van der Waals surface area contributed by atoms with Gasteiger partial charge in [-0.3, -0.25) is 4.79 Å². The minimum Gasteiger partial charge on any atom is -0.497 e. The smallest absolute Gasteiger partial charge is 0.253 e. The first-order valence-corrected chi connectivity index (χ1v) is 9.66. The molecule has 1 saturated heterocycles. The third-order valence-corrected chi connectivity index (χ3v) is 5.21. The highest BCUT2D eigenvalue weighted by atomic mass is 16.5. The summed E-state index contributed by atoms with van der Waals surface area (Å²) in [6, 6.07) is 14.6. The molecule has 0 unspecified atom stereocenters. The van der Waals surface area contributed by atoms with Crippen molar-refractivity contribution < 1.29 is 19.1 Å². The zero-order valence-electron chi connectivity index (χ0n) is 16.2. The molecule has 7 nitrogen and oxygen atoms in total. The second kappa shape index (κ2) is 8.45. The van der Waals surface area contributed by atoms with E-state index in [0.29, 0.717) is 23.9 Å². The molecule has 1 N–H and O–H groups in total. The number of carbonyl (C=O) groups is 1. The van der Waals surface area contributed by atoms with Crippen LogP contribution in [-0.2, 0) is 0 Å². The Bertz CT molecular complexity index is 966. The van der Waals surface area contributed by atoms with E-state index in [1.807, 2.05) is 41.3 Å². The molecule has 4 rings (SSSR count). The number of aromatic nitrogens is 2. The fourth-order valence-corrected chi connectivity index (χ4v) is 3.53. The minimum atomic E-state index is -0.0147. The highest BCUT2D eigenvalue weighted by Crippen LogP contribution is 2.26. The van der Waals surface area contributed by atoms with Gasteiger partial charge in [0.2, 0.25) is 11.8 Å². The van der Waals surface area contributed by atoms with Gasteiger partial charge in [-0.05, 0) is 67.3 Å². The van der Waals surface area contributed by atoms with Crippen LogP contribution in [0.1, 0.15) is 23.2 Å². The van der Waals surface area contributed by atoms with Crippen LogP contribution >= 0.6 is 0 Å². The van der Waals surface area contributed by atoms with Gasteiger partial charge in [0, 0.05) is 36.4 Å². The van der Waals surface area contributed by atoms with E-state index in [0.717, 1.165) is 36.3 Å². The number of hydrogen-bond donors (Lipinski definition) is 1. The van der Waals surface area contributed by atoms with Gasteiger partial charge in [0.05, 0.1) is 7.11 Å². The summed E-state index contributed by atoms with van der Waals surface area (Å²) in [5, 5.41) is 17.6. The third kappa shape index (κ3) is 4.14. The maximum Gasteiger partial charge on any atom is 0.253 e. The van der Waals surface area contributed by atoms with Crippen LogP contribution in [0.15, 0.2) is 52.9 Å². The number of aliphatic hydroxyl groups excluding tert-OH is 1. The number of piperidine rings is 1. The maximum atomic E-state index is 12.7. The molecule has 2 heterocycles. The zero-order chi connectivity index (χ0) is 20.2. The number of ether oxygens (including phenoxy) is 1. The van der Waals surface area contributed by atoms with Gasteiger partial charge in [-0.2, -0.15) is 0 Å². The van der Waals surface area contributed by atoms with Crippen LogP contribution < -0.4 is 4.74 Å². The molecule has 0 radical (unpaired) electrons. The van der Waals surface area contributed by atoms with E-state index in [2.05, 4.69) is 10.2 Å². The number of hydrogen-bond acceptors (Lipinski definition) is 6. The molecule has 1 fully saturated rings. The summed E-state index contributed by atoms with van der Waals surface area (Å²) in [6.07, 6.45) is 1.89. The SMILES string of the molecule is COc1ccc(-c2nnc(-c3ccc(C(=O)N4CCC[C@@H](CO)C4)cc3)o2)cc1. The van der Waals surface area contributed by atoms with Crippen LogP contribution in [0.4, 0.5) is 0 Å². The normalized spacial score (nSPS) is 16.6. The van der Waals surface area contributed by atoms with Gasteiger partial charge in [0.15, 0.2) is 0 Å². The molecular weight excluding hydrogens is 370 g/mol. The topological polar surface area (TPSA) is 88.7 Å². The Labute approximate surface area is 168 Å². The molecule has 2 aromatic carbocycles. The van der Waals surface area contributed by atoms with Gasteiger partial charge < -0.3 is 19.2 Å². The van der Waals surface area contributed by atoms with Crippen molar-refractivity contribution in [2.75, 3.05) is 26.8 Å². The van der Waals surface area contributed by atoms with Crippen LogP contribution in [0.2, 0.25) is 0 Å². The van der Waals surface area contributed by atoms with Crippen molar-refractivity contribution in [2.45, 2.75) is 12.8 Å². The number of methoxy groups -OCH3 is 1. The van der Waals surface area contributed by atoms with E-state index in [-0.39, 0.29) is 18.4 Å². The van der Waals surface area contributed by atoms with Gasteiger partial charge in [-0.1, -0.05) is 0 Å². The maximum absolute atomic E-state index is 12.7. The molecular formula is C22H23N3O4. The van der Waals surface area contributed by atoms with E-state index in [1.54, 1.807) is 19.2 Å². The predicted octanol–water partition coefficient (Wildman–Crippen LogP) is 3.26. The lowest BCUT2D eigenvalue weighted by atomic mass is 9.98. The Morgan fingerprint density at radius 2 is 1.72 bits per heavy atom. The first kappa shape index (κ1) is 19.1. The van der Waals surface area contributed by atoms with E-state index in [9.17, 15) is 9.90 Å². The fraction of sp³-hybridized carbons (Fsp3) is 0.318. The lowest BCUT2D eigenvalue weighted by Gasteiger charge is -2.31. The summed E-state index contributed by atoms with van der Waals surface area (Å²) in [6.45, 7) is 1.45. The molecule has 0 aliphatic carbocycles. The van der Waals surface area contributed by atoms with E-state index in [1.165, 1.54) is 0 Å². The fourth-order valence-electron chi connectivity index (χ4n) is 3.53.